The summed E-state index contributed by atoms with van der Waals surface area (Å²) in [6, 6.07) is 16.3. The molecule has 0 aliphatic rings. The first-order valence-electron chi connectivity index (χ1n) is 6.78. The van der Waals surface area contributed by atoms with Gasteiger partial charge in [0.15, 0.2) is 0 Å². The van der Waals surface area contributed by atoms with Gasteiger partial charge in [-0.2, -0.15) is 0 Å². The molecule has 2 N–H and O–H groups in total. The molecule has 118 valence electrons. The van der Waals surface area contributed by atoms with Crippen LogP contribution in [0.25, 0.3) is 0 Å². The van der Waals surface area contributed by atoms with Crippen molar-refractivity contribution in [2.24, 2.45) is 5.73 Å². The molecule has 0 amide bonds. The third-order valence-electron chi connectivity index (χ3n) is 3.14. The van der Waals surface area contributed by atoms with Gasteiger partial charge in [-0.05, 0) is 29.7 Å². The lowest BCUT2D eigenvalue weighted by Gasteiger charge is -2.12. The Bertz CT molecular complexity index is 572. The minimum Gasteiger partial charge on any atom is -0.497 e. The van der Waals surface area contributed by atoms with Crippen LogP contribution in [-0.2, 0) is 22.6 Å². The van der Waals surface area contributed by atoms with Crippen molar-refractivity contribution in [3.05, 3.63) is 65.7 Å². The molecule has 4 nitrogen and oxygen atoms in total. The summed E-state index contributed by atoms with van der Waals surface area (Å²) in [5.74, 6) is 0.383. The number of carbonyl (C=O) groups is 1. The maximum Gasteiger partial charge on any atom is 0.323 e. The van der Waals surface area contributed by atoms with E-state index in [1.807, 2.05) is 54.6 Å². The van der Waals surface area contributed by atoms with Gasteiger partial charge >= 0.3 is 5.97 Å². The Morgan fingerprint density at radius 2 is 1.68 bits per heavy atom. The SMILES string of the molecule is COc1ccc(C[C@@H](N)C(=O)OCc2ccccc2)cc1.Cl. The fraction of sp³-hybridized carbons (Fsp3) is 0.235. The molecule has 0 aromatic heterocycles. The molecule has 0 unspecified atom stereocenters. The summed E-state index contributed by atoms with van der Waals surface area (Å²) in [5.41, 5.74) is 7.80. The molecule has 2 aromatic carbocycles. The number of halogens is 1. The molecule has 0 spiro atoms. The van der Waals surface area contributed by atoms with Gasteiger partial charge in [0, 0.05) is 0 Å². The van der Waals surface area contributed by atoms with E-state index in [-0.39, 0.29) is 19.0 Å². The van der Waals surface area contributed by atoms with E-state index in [0.29, 0.717) is 6.42 Å². The van der Waals surface area contributed by atoms with Crippen molar-refractivity contribution < 1.29 is 14.3 Å². The lowest BCUT2D eigenvalue weighted by molar-refractivity contribution is -0.146. The zero-order chi connectivity index (χ0) is 15.1. The molecule has 0 saturated heterocycles. The van der Waals surface area contributed by atoms with Crippen LogP contribution < -0.4 is 10.5 Å². The minimum absolute atomic E-state index is 0. The Kier molecular flexibility index (Phi) is 7.43. The van der Waals surface area contributed by atoms with Crippen molar-refractivity contribution in [2.75, 3.05) is 7.11 Å². The van der Waals surface area contributed by atoms with Gasteiger partial charge in [0.05, 0.1) is 7.11 Å². The molecule has 0 radical (unpaired) electrons. The van der Waals surface area contributed by atoms with Crippen LogP contribution in [0.5, 0.6) is 5.75 Å². The molecular formula is C17H20ClNO3. The van der Waals surface area contributed by atoms with Crippen molar-refractivity contribution in [2.45, 2.75) is 19.1 Å². The maximum atomic E-state index is 11.9. The highest BCUT2D eigenvalue weighted by molar-refractivity contribution is 5.85. The lowest BCUT2D eigenvalue weighted by atomic mass is 10.1. The average molecular weight is 322 g/mol. The quantitative estimate of drug-likeness (QED) is 0.831. The summed E-state index contributed by atoms with van der Waals surface area (Å²) >= 11 is 0. The third kappa shape index (κ3) is 5.39. The zero-order valence-electron chi connectivity index (χ0n) is 12.4. The highest BCUT2D eigenvalue weighted by Gasteiger charge is 2.15. The summed E-state index contributed by atoms with van der Waals surface area (Å²) in [4.78, 5) is 11.9. The highest BCUT2D eigenvalue weighted by Crippen LogP contribution is 2.13. The number of esters is 1. The first-order chi connectivity index (χ1) is 10.2. The standard InChI is InChI=1S/C17H19NO3.ClH/c1-20-15-9-7-13(8-10-15)11-16(18)17(19)21-12-14-5-3-2-4-6-14;/h2-10,16H,11-12,18H2,1H3;1H/t16-;/m1./s1. The Labute approximate surface area is 136 Å². The Balaban J connectivity index is 0.00000242. The molecule has 0 bridgehead atoms. The Hall–Kier alpha value is -2.04. The molecule has 0 aliphatic heterocycles. The lowest BCUT2D eigenvalue weighted by Crippen LogP contribution is -2.34. The van der Waals surface area contributed by atoms with Gasteiger partial charge in [-0.15, -0.1) is 12.4 Å². The molecular weight excluding hydrogens is 302 g/mol. The number of ether oxygens (including phenoxy) is 2. The van der Waals surface area contributed by atoms with E-state index in [1.54, 1.807) is 7.11 Å². The first kappa shape index (κ1) is 18.0. The maximum absolute atomic E-state index is 11.9. The molecule has 5 heteroatoms. The smallest absolute Gasteiger partial charge is 0.323 e. The van der Waals surface area contributed by atoms with Crippen molar-refractivity contribution >= 4 is 18.4 Å². The van der Waals surface area contributed by atoms with Gasteiger partial charge in [0.1, 0.15) is 18.4 Å². The van der Waals surface area contributed by atoms with Gasteiger partial charge in [0.25, 0.3) is 0 Å². The first-order valence-corrected chi connectivity index (χ1v) is 6.78. The number of nitrogens with two attached hydrogens (primary N) is 1. The van der Waals surface area contributed by atoms with Crippen LogP contribution in [0.4, 0.5) is 0 Å². The van der Waals surface area contributed by atoms with E-state index >= 15 is 0 Å². The average Bonchev–Trinajstić information content (AvgIpc) is 2.54. The second-order valence-electron chi connectivity index (χ2n) is 4.75. The monoisotopic (exact) mass is 321 g/mol. The molecule has 0 heterocycles. The number of rotatable bonds is 6. The molecule has 2 rings (SSSR count). The zero-order valence-corrected chi connectivity index (χ0v) is 13.2. The van der Waals surface area contributed by atoms with E-state index in [9.17, 15) is 4.79 Å². The third-order valence-corrected chi connectivity index (χ3v) is 3.14. The molecule has 0 aliphatic carbocycles. The van der Waals surface area contributed by atoms with Gasteiger partial charge in [-0.25, -0.2) is 0 Å². The number of hydrogen-bond donors (Lipinski definition) is 1. The van der Waals surface area contributed by atoms with Crippen LogP contribution in [0.2, 0.25) is 0 Å². The highest BCUT2D eigenvalue weighted by atomic mass is 35.5. The Morgan fingerprint density at radius 3 is 2.27 bits per heavy atom. The van der Waals surface area contributed by atoms with Crippen LogP contribution in [0, 0.1) is 0 Å². The molecule has 0 fully saturated rings. The van der Waals surface area contributed by atoms with Crippen molar-refractivity contribution in [3.8, 4) is 5.75 Å². The van der Waals surface area contributed by atoms with E-state index in [1.165, 1.54) is 0 Å². The minimum atomic E-state index is -0.665. The predicted molar refractivity (Wildman–Crippen MR) is 88.2 cm³/mol. The summed E-state index contributed by atoms with van der Waals surface area (Å²) < 4.78 is 10.3. The van der Waals surface area contributed by atoms with Crippen LogP contribution in [0.15, 0.2) is 54.6 Å². The van der Waals surface area contributed by atoms with Crippen LogP contribution in [0.3, 0.4) is 0 Å². The van der Waals surface area contributed by atoms with Crippen molar-refractivity contribution in [1.29, 1.82) is 0 Å². The second kappa shape index (κ2) is 9.07. The fourth-order valence-corrected chi connectivity index (χ4v) is 1.93. The van der Waals surface area contributed by atoms with E-state index in [4.69, 9.17) is 15.2 Å². The summed E-state index contributed by atoms with van der Waals surface area (Å²) in [6.45, 7) is 0.246. The topological polar surface area (TPSA) is 61.5 Å². The number of benzene rings is 2. The summed E-state index contributed by atoms with van der Waals surface area (Å²) in [7, 11) is 1.61. The number of carbonyl (C=O) groups excluding carboxylic acids is 1. The predicted octanol–water partition coefficient (Wildman–Crippen LogP) is 2.73. The fourth-order valence-electron chi connectivity index (χ4n) is 1.93. The van der Waals surface area contributed by atoms with Crippen LogP contribution in [-0.4, -0.2) is 19.1 Å². The second-order valence-corrected chi connectivity index (χ2v) is 4.75. The Morgan fingerprint density at radius 1 is 1.05 bits per heavy atom. The van der Waals surface area contributed by atoms with Gasteiger partial charge in [-0.3, -0.25) is 4.79 Å². The van der Waals surface area contributed by atoms with Crippen LogP contribution in [0.1, 0.15) is 11.1 Å². The van der Waals surface area contributed by atoms with E-state index in [2.05, 4.69) is 0 Å². The molecule has 0 saturated carbocycles. The van der Waals surface area contributed by atoms with Crippen molar-refractivity contribution in [1.82, 2.24) is 0 Å². The van der Waals surface area contributed by atoms with Crippen LogP contribution >= 0.6 is 12.4 Å². The molecule has 1 atom stereocenters. The van der Waals surface area contributed by atoms with E-state index < -0.39 is 12.0 Å². The largest absolute Gasteiger partial charge is 0.497 e. The van der Waals surface area contributed by atoms with Gasteiger partial charge < -0.3 is 15.2 Å². The number of hydrogen-bond acceptors (Lipinski definition) is 4. The van der Waals surface area contributed by atoms with Gasteiger partial charge in [0.2, 0.25) is 0 Å². The van der Waals surface area contributed by atoms with Gasteiger partial charge in [-0.1, -0.05) is 42.5 Å². The summed E-state index contributed by atoms with van der Waals surface area (Å²) in [6.07, 6.45) is 0.442. The van der Waals surface area contributed by atoms with E-state index in [0.717, 1.165) is 16.9 Å². The van der Waals surface area contributed by atoms with Crippen molar-refractivity contribution in [3.63, 3.8) is 0 Å². The molecule has 2 aromatic rings. The normalized spacial score (nSPS) is 11.2. The summed E-state index contributed by atoms with van der Waals surface area (Å²) in [5, 5.41) is 0. The number of methoxy groups -OCH3 is 1. The molecule has 22 heavy (non-hydrogen) atoms.